The van der Waals surface area contributed by atoms with E-state index in [1.165, 1.54) is 5.56 Å². The number of aryl methyl sites for hydroxylation is 1. The maximum atomic E-state index is 12.6. The van der Waals surface area contributed by atoms with Gasteiger partial charge in [0.2, 0.25) is 11.8 Å². The summed E-state index contributed by atoms with van der Waals surface area (Å²) >= 11 is 0. The van der Waals surface area contributed by atoms with E-state index >= 15 is 0 Å². The van der Waals surface area contributed by atoms with Crippen molar-refractivity contribution in [1.29, 1.82) is 0 Å². The Labute approximate surface area is 166 Å². The van der Waals surface area contributed by atoms with Crippen LogP contribution in [0.3, 0.4) is 0 Å². The second-order valence-corrected chi connectivity index (χ2v) is 7.12. The minimum absolute atomic E-state index is 0.0425. The summed E-state index contributed by atoms with van der Waals surface area (Å²) in [6.07, 6.45) is 3.82. The predicted octanol–water partition coefficient (Wildman–Crippen LogP) is 3.33. The van der Waals surface area contributed by atoms with Gasteiger partial charge in [-0.1, -0.05) is 48.5 Å². The van der Waals surface area contributed by atoms with Crippen LogP contribution in [0.1, 0.15) is 36.8 Å². The number of benzene rings is 2. The number of methoxy groups -OCH3 is 1. The van der Waals surface area contributed by atoms with E-state index in [1.54, 1.807) is 12.0 Å². The second-order valence-electron chi connectivity index (χ2n) is 7.12. The molecule has 28 heavy (non-hydrogen) atoms. The van der Waals surface area contributed by atoms with E-state index in [9.17, 15) is 9.59 Å². The molecule has 1 heterocycles. The molecule has 1 atom stereocenters. The molecule has 0 aromatic heterocycles. The Hall–Kier alpha value is -2.82. The Balaban J connectivity index is 1.44. The molecule has 1 aliphatic rings. The van der Waals surface area contributed by atoms with E-state index in [0.717, 1.165) is 30.6 Å². The molecular formula is C23H28N2O3. The summed E-state index contributed by atoms with van der Waals surface area (Å²) in [5, 5.41) is 3.01. The summed E-state index contributed by atoms with van der Waals surface area (Å²) in [6, 6.07) is 17.5. The molecule has 0 aliphatic carbocycles. The van der Waals surface area contributed by atoms with Crippen LogP contribution in [-0.2, 0) is 22.6 Å². The molecule has 5 nitrogen and oxygen atoms in total. The van der Waals surface area contributed by atoms with E-state index < -0.39 is 0 Å². The lowest BCUT2D eigenvalue weighted by atomic mass is 10.1. The number of amides is 2. The van der Waals surface area contributed by atoms with E-state index in [-0.39, 0.29) is 17.9 Å². The standard InChI is InChI=1S/C23H28N2O3/c1-28-21-13-6-5-11-19(21)12-7-8-16-24-23(27)20-14-15-22(26)25(20)17-18-9-3-2-4-10-18/h2-6,9-11,13,20H,7-8,12,14-17H2,1H3,(H,24,27). The quantitative estimate of drug-likeness (QED) is 0.679. The van der Waals surface area contributed by atoms with Crippen molar-refractivity contribution in [2.75, 3.05) is 13.7 Å². The van der Waals surface area contributed by atoms with E-state index in [0.29, 0.717) is 25.9 Å². The van der Waals surface area contributed by atoms with Crippen molar-refractivity contribution >= 4 is 11.8 Å². The average molecular weight is 380 g/mol. The van der Waals surface area contributed by atoms with Gasteiger partial charge in [0.15, 0.2) is 0 Å². The summed E-state index contributed by atoms with van der Waals surface area (Å²) in [5.74, 6) is 0.923. The van der Waals surface area contributed by atoms with Gasteiger partial charge in [0, 0.05) is 19.5 Å². The van der Waals surface area contributed by atoms with Gasteiger partial charge in [0.1, 0.15) is 11.8 Å². The van der Waals surface area contributed by atoms with Gasteiger partial charge in [0.25, 0.3) is 0 Å². The third-order valence-corrected chi connectivity index (χ3v) is 5.19. The Morgan fingerprint density at radius 2 is 1.86 bits per heavy atom. The summed E-state index contributed by atoms with van der Waals surface area (Å²) < 4.78 is 5.37. The van der Waals surface area contributed by atoms with Gasteiger partial charge >= 0.3 is 0 Å². The molecule has 2 amide bonds. The van der Waals surface area contributed by atoms with E-state index in [2.05, 4.69) is 11.4 Å². The molecule has 148 valence electrons. The van der Waals surface area contributed by atoms with Crippen molar-refractivity contribution in [3.05, 3.63) is 65.7 Å². The number of nitrogens with zero attached hydrogens (tertiary/aromatic N) is 1. The van der Waals surface area contributed by atoms with E-state index in [4.69, 9.17) is 4.74 Å². The van der Waals surface area contributed by atoms with Gasteiger partial charge in [-0.15, -0.1) is 0 Å². The van der Waals surface area contributed by atoms with E-state index in [1.807, 2.05) is 48.5 Å². The molecule has 1 saturated heterocycles. The number of carbonyl (C=O) groups excluding carboxylic acids is 2. The lowest BCUT2D eigenvalue weighted by molar-refractivity contribution is -0.135. The number of nitrogens with one attached hydrogen (secondary N) is 1. The number of likely N-dealkylation sites (tertiary alicyclic amines) is 1. The summed E-state index contributed by atoms with van der Waals surface area (Å²) in [6.45, 7) is 1.11. The molecule has 3 rings (SSSR count). The fourth-order valence-electron chi connectivity index (χ4n) is 3.66. The van der Waals surface area contributed by atoms with Crippen LogP contribution in [0, 0.1) is 0 Å². The molecule has 5 heteroatoms. The molecule has 2 aromatic carbocycles. The minimum atomic E-state index is -0.359. The lowest BCUT2D eigenvalue weighted by Gasteiger charge is -2.24. The van der Waals surface area contributed by atoms with Crippen LogP contribution in [0.2, 0.25) is 0 Å². The van der Waals surface area contributed by atoms with Crippen LogP contribution in [-0.4, -0.2) is 36.4 Å². The first-order valence-electron chi connectivity index (χ1n) is 9.92. The molecule has 0 bridgehead atoms. The number of hydrogen-bond acceptors (Lipinski definition) is 3. The Bertz CT molecular complexity index is 791. The third-order valence-electron chi connectivity index (χ3n) is 5.19. The highest BCUT2D eigenvalue weighted by Gasteiger charge is 2.35. The van der Waals surface area contributed by atoms with Crippen LogP contribution in [0.25, 0.3) is 0 Å². The Morgan fingerprint density at radius 3 is 2.64 bits per heavy atom. The Kier molecular flexibility index (Phi) is 7.06. The van der Waals surface area contributed by atoms with Crippen molar-refractivity contribution in [2.45, 2.75) is 44.7 Å². The monoisotopic (exact) mass is 380 g/mol. The maximum absolute atomic E-state index is 12.6. The van der Waals surface area contributed by atoms with Gasteiger partial charge in [-0.25, -0.2) is 0 Å². The highest BCUT2D eigenvalue weighted by atomic mass is 16.5. The van der Waals surface area contributed by atoms with Crippen molar-refractivity contribution in [3.8, 4) is 5.75 Å². The molecule has 1 N–H and O–H groups in total. The molecular weight excluding hydrogens is 352 g/mol. The molecule has 1 unspecified atom stereocenters. The maximum Gasteiger partial charge on any atom is 0.242 e. The predicted molar refractivity (Wildman–Crippen MR) is 109 cm³/mol. The number of rotatable bonds is 9. The number of carbonyl (C=O) groups is 2. The molecule has 0 radical (unpaired) electrons. The number of hydrogen-bond donors (Lipinski definition) is 1. The molecule has 0 saturated carbocycles. The first kappa shape index (κ1) is 19.9. The fraction of sp³-hybridized carbons (Fsp3) is 0.391. The zero-order chi connectivity index (χ0) is 19.8. The van der Waals surface area contributed by atoms with Crippen molar-refractivity contribution in [1.82, 2.24) is 10.2 Å². The van der Waals surface area contributed by atoms with Crippen LogP contribution in [0.15, 0.2) is 54.6 Å². The average Bonchev–Trinajstić information content (AvgIpc) is 3.09. The first-order chi connectivity index (χ1) is 13.7. The summed E-state index contributed by atoms with van der Waals surface area (Å²) in [5.41, 5.74) is 2.24. The van der Waals surface area contributed by atoms with Crippen molar-refractivity contribution in [3.63, 3.8) is 0 Å². The highest BCUT2D eigenvalue weighted by Crippen LogP contribution is 2.22. The van der Waals surface area contributed by atoms with Crippen molar-refractivity contribution < 1.29 is 14.3 Å². The molecule has 2 aromatic rings. The van der Waals surface area contributed by atoms with Gasteiger partial charge in [-0.3, -0.25) is 9.59 Å². The Morgan fingerprint density at radius 1 is 1.11 bits per heavy atom. The number of ether oxygens (including phenoxy) is 1. The van der Waals surface area contributed by atoms with Crippen LogP contribution in [0.5, 0.6) is 5.75 Å². The minimum Gasteiger partial charge on any atom is -0.496 e. The van der Waals surface area contributed by atoms with Crippen molar-refractivity contribution in [2.24, 2.45) is 0 Å². The topological polar surface area (TPSA) is 58.6 Å². The number of unbranched alkanes of at least 4 members (excludes halogenated alkanes) is 1. The lowest BCUT2D eigenvalue weighted by Crippen LogP contribution is -2.44. The molecule has 0 spiro atoms. The van der Waals surface area contributed by atoms with Gasteiger partial charge < -0.3 is 15.0 Å². The fourth-order valence-corrected chi connectivity index (χ4v) is 3.66. The normalized spacial score (nSPS) is 16.2. The van der Waals surface area contributed by atoms with Crippen LogP contribution in [0.4, 0.5) is 0 Å². The summed E-state index contributed by atoms with van der Waals surface area (Å²) in [7, 11) is 1.68. The smallest absolute Gasteiger partial charge is 0.242 e. The number of para-hydroxylation sites is 1. The first-order valence-corrected chi connectivity index (χ1v) is 9.92. The van der Waals surface area contributed by atoms with Crippen LogP contribution < -0.4 is 10.1 Å². The zero-order valence-corrected chi connectivity index (χ0v) is 16.4. The molecule has 1 aliphatic heterocycles. The SMILES string of the molecule is COc1ccccc1CCCCNC(=O)C1CCC(=O)N1Cc1ccccc1. The highest BCUT2D eigenvalue weighted by molar-refractivity contribution is 5.90. The third kappa shape index (κ3) is 5.12. The largest absolute Gasteiger partial charge is 0.496 e. The van der Waals surface area contributed by atoms with Gasteiger partial charge in [0.05, 0.1) is 7.11 Å². The second kappa shape index (κ2) is 9.93. The summed E-state index contributed by atoms with van der Waals surface area (Å²) in [4.78, 5) is 26.5. The zero-order valence-electron chi connectivity index (χ0n) is 16.4. The molecule has 1 fully saturated rings. The van der Waals surface area contributed by atoms with Gasteiger partial charge in [-0.2, -0.15) is 0 Å². The van der Waals surface area contributed by atoms with Gasteiger partial charge in [-0.05, 0) is 42.9 Å². The van der Waals surface area contributed by atoms with Crippen LogP contribution >= 0.6 is 0 Å².